The lowest BCUT2D eigenvalue weighted by molar-refractivity contribution is 1.07. The highest BCUT2D eigenvalue weighted by Gasteiger charge is 2.18. The maximum absolute atomic E-state index is 9.54. The van der Waals surface area contributed by atoms with Crippen molar-refractivity contribution in [2.75, 3.05) is 0 Å². The molecule has 210 valence electrons. The zero-order chi connectivity index (χ0) is 30.2. The van der Waals surface area contributed by atoms with Crippen LogP contribution in [0.25, 0.3) is 72.8 Å². The van der Waals surface area contributed by atoms with E-state index < -0.39 is 0 Å². The summed E-state index contributed by atoms with van der Waals surface area (Å²) in [5, 5.41) is 11.9. The van der Waals surface area contributed by atoms with E-state index in [0.717, 1.165) is 39.0 Å². The minimum absolute atomic E-state index is 0.520. The average molecular weight is 576 g/mol. The Kier molecular flexibility index (Phi) is 6.44. The van der Waals surface area contributed by atoms with Gasteiger partial charge in [0.1, 0.15) is 0 Å². The van der Waals surface area contributed by atoms with Crippen molar-refractivity contribution < 1.29 is 0 Å². The van der Waals surface area contributed by atoms with E-state index in [0.29, 0.717) is 23.0 Å². The van der Waals surface area contributed by atoms with Gasteiger partial charge in [0, 0.05) is 33.2 Å². The molecule has 0 aliphatic rings. The normalized spacial score (nSPS) is 11.1. The summed E-state index contributed by atoms with van der Waals surface area (Å²) in [6.45, 7) is 0. The zero-order valence-corrected chi connectivity index (χ0v) is 24.2. The Labute approximate surface area is 260 Å². The Morgan fingerprint density at radius 1 is 0.444 bits per heavy atom. The van der Waals surface area contributed by atoms with Gasteiger partial charge in [0.05, 0.1) is 22.7 Å². The summed E-state index contributed by atoms with van der Waals surface area (Å²) in [5.41, 5.74) is 8.66. The molecule has 2 heterocycles. The van der Waals surface area contributed by atoms with Crippen molar-refractivity contribution in [3.8, 4) is 57.0 Å². The van der Waals surface area contributed by atoms with Gasteiger partial charge in [-0.1, -0.05) is 109 Å². The zero-order valence-electron chi connectivity index (χ0n) is 24.2. The van der Waals surface area contributed by atoms with E-state index in [-0.39, 0.29) is 0 Å². The molecule has 0 aliphatic heterocycles. The van der Waals surface area contributed by atoms with Crippen molar-refractivity contribution in [3.05, 3.63) is 157 Å². The number of fused-ring (bicyclic) bond motifs is 3. The van der Waals surface area contributed by atoms with Gasteiger partial charge in [0.25, 0.3) is 0 Å². The number of para-hydroxylation sites is 2. The fourth-order valence-corrected chi connectivity index (χ4v) is 6.00. The number of rotatable bonds is 5. The van der Waals surface area contributed by atoms with Gasteiger partial charge in [-0.05, 0) is 53.6 Å². The van der Waals surface area contributed by atoms with Crippen LogP contribution in [0.15, 0.2) is 152 Å². The van der Waals surface area contributed by atoms with Crippen molar-refractivity contribution in [3.63, 3.8) is 0 Å². The summed E-state index contributed by atoms with van der Waals surface area (Å²) in [6, 6.07) is 53.4. The largest absolute Gasteiger partial charge is 0.309 e. The van der Waals surface area contributed by atoms with Gasteiger partial charge >= 0.3 is 0 Å². The van der Waals surface area contributed by atoms with E-state index in [1.165, 1.54) is 16.3 Å². The maximum Gasteiger partial charge on any atom is 0.164 e. The molecular weight excluding hydrogens is 550 g/mol. The molecule has 0 fully saturated rings. The summed E-state index contributed by atoms with van der Waals surface area (Å²) in [5.74, 6) is 1.67. The first kappa shape index (κ1) is 26.3. The maximum atomic E-state index is 9.54. The molecule has 5 heteroatoms. The van der Waals surface area contributed by atoms with Crippen LogP contribution in [0.2, 0.25) is 0 Å². The lowest BCUT2D eigenvalue weighted by Gasteiger charge is -2.13. The Hall–Kier alpha value is -6.38. The molecule has 8 rings (SSSR count). The lowest BCUT2D eigenvalue weighted by Crippen LogP contribution is -2.01. The predicted molar refractivity (Wildman–Crippen MR) is 181 cm³/mol. The molecule has 5 nitrogen and oxygen atoms in total. The molecule has 0 radical (unpaired) electrons. The highest BCUT2D eigenvalue weighted by molar-refractivity contribution is 6.10. The summed E-state index contributed by atoms with van der Waals surface area (Å²) in [7, 11) is 0. The van der Waals surface area contributed by atoms with E-state index in [1.54, 1.807) is 6.07 Å². The van der Waals surface area contributed by atoms with Crippen LogP contribution in [0, 0.1) is 11.3 Å². The number of nitrogens with zero attached hydrogens (tertiary/aromatic N) is 5. The summed E-state index contributed by atoms with van der Waals surface area (Å²) >= 11 is 0. The number of hydrogen-bond acceptors (Lipinski definition) is 4. The molecule has 2 aromatic heterocycles. The van der Waals surface area contributed by atoms with Crippen molar-refractivity contribution in [1.82, 2.24) is 19.5 Å². The van der Waals surface area contributed by atoms with Crippen LogP contribution in [0.4, 0.5) is 0 Å². The fourth-order valence-electron chi connectivity index (χ4n) is 6.00. The fraction of sp³-hybridized carbons (Fsp3) is 0. The number of benzene rings is 6. The average Bonchev–Trinajstić information content (AvgIpc) is 3.46. The van der Waals surface area contributed by atoms with E-state index in [9.17, 15) is 5.26 Å². The summed E-state index contributed by atoms with van der Waals surface area (Å²) in [6.07, 6.45) is 0. The van der Waals surface area contributed by atoms with Crippen LogP contribution in [-0.2, 0) is 0 Å². The molecule has 45 heavy (non-hydrogen) atoms. The lowest BCUT2D eigenvalue weighted by atomic mass is 9.97. The molecule has 8 aromatic rings. The second-order valence-electron chi connectivity index (χ2n) is 10.8. The third-order valence-corrected chi connectivity index (χ3v) is 8.08. The summed E-state index contributed by atoms with van der Waals surface area (Å²) in [4.78, 5) is 14.8. The Balaban J connectivity index is 1.33. The highest BCUT2D eigenvalue weighted by Crippen LogP contribution is 2.38. The van der Waals surface area contributed by atoms with Gasteiger partial charge in [-0.15, -0.1) is 0 Å². The predicted octanol–water partition coefficient (Wildman–Crippen LogP) is 9.51. The van der Waals surface area contributed by atoms with Gasteiger partial charge < -0.3 is 4.57 Å². The standard InChI is InChI=1S/C40H25N5/c41-26-27-12-11-15-30(24-27)39-42-38(28-13-3-1-4-14-28)43-40(44-39)34-20-8-7-18-32(34)29-22-23-37-35(25-29)33-19-9-10-21-36(33)45(37)31-16-5-2-6-17-31/h1-25H. The van der Waals surface area contributed by atoms with Crippen LogP contribution >= 0.6 is 0 Å². The molecule has 0 saturated carbocycles. The van der Waals surface area contributed by atoms with Gasteiger partial charge in [-0.3, -0.25) is 0 Å². The topological polar surface area (TPSA) is 67.4 Å². The third-order valence-electron chi connectivity index (χ3n) is 8.08. The van der Waals surface area contributed by atoms with Crippen LogP contribution < -0.4 is 0 Å². The van der Waals surface area contributed by atoms with Crippen LogP contribution in [0.5, 0.6) is 0 Å². The molecule has 0 aliphatic carbocycles. The quantitative estimate of drug-likeness (QED) is 0.205. The smallest absolute Gasteiger partial charge is 0.164 e. The monoisotopic (exact) mass is 575 g/mol. The van der Waals surface area contributed by atoms with Gasteiger partial charge in [0.2, 0.25) is 0 Å². The van der Waals surface area contributed by atoms with Crippen LogP contribution in [0.1, 0.15) is 5.56 Å². The van der Waals surface area contributed by atoms with E-state index in [4.69, 9.17) is 15.0 Å². The van der Waals surface area contributed by atoms with Crippen molar-refractivity contribution in [2.24, 2.45) is 0 Å². The minimum Gasteiger partial charge on any atom is -0.309 e. The number of nitriles is 1. The molecule has 6 aromatic carbocycles. The minimum atomic E-state index is 0.520. The van der Waals surface area contributed by atoms with Gasteiger partial charge in [-0.25, -0.2) is 15.0 Å². The molecular formula is C40H25N5. The second kappa shape index (κ2) is 11.0. The molecule has 0 amide bonds. The van der Waals surface area contributed by atoms with E-state index in [1.807, 2.05) is 66.7 Å². The first-order valence-corrected chi connectivity index (χ1v) is 14.8. The van der Waals surface area contributed by atoms with Gasteiger partial charge in [-0.2, -0.15) is 5.26 Å². The number of aromatic nitrogens is 4. The Morgan fingerprint density at radius 2 is 1.07 bits per heavy atom. The molecule has 0 atom stereocenters. The van der Waals surface area contributed by atoms with Crippen molar-refractivity contribution in [2.45, 2.75) is 0 Å². The van der Waals surface area contributed by atoms with Crippen LogP contribution in [-0.4, -0.2) is 19.5 Å². The number of hydrogen-bond donors (Lipinski definition) is 0. The Bertz CT molecular complexity index is 2390. The van der Waals surface area contributed by atoms with E-state index >= 15 is 0 Å². The molecule has 0 spiro atoms. The SMILES string of the molecule is N#Cc1cccc(-c2nc(-c3ccccc3)nc(-c3ccccc3-c3ccc4c(c3)c3ccccc3n4-c3ccccc3)n2)c1. The van der Waals surface area contributed by atoms with Crippen LogP contribution in [0.3, 0.4) is 0 Å². The molecule has 0 saturated heterocycles. The molecule has 0 bridgehead atoms. The van der Waals surface area contributed by atoms with Crippen molar-refractivity contribution >= 4 is 21.8 Å². The third kappa shape index (κ3) is 4.71. The first-order valence-electron chi connectivity index (χ1n) is 14.8. The summed E-state index contributed by atoms with van der Waals surface area (Å²) < 4.78 is 2.32. The second-order valence-corrected chi connectivity index (χ2v) is 10.8. The molecule has 0 unspecified atom stereocenters. The van der Waals surface area contributed by atoms with Crippen molar-refractivity contribution in [1.29, 1.82) is 5.26 Å². The van der Waals surface area contributed by atoms with E-state index in [2.05, 4.69) is 89.5 Å². The first-order chi connectivity index (χ1) is 22.3. The Morgan fingerprint density at radius 3 is 1.87 bits per heavy atom. The molecule has 0 N–H and O–H groups in total. The highest BCUT2D eigenvalue weighted by atomic mass is 15.0. The van der Waals surface area contributed by atoms with Gasteiger partial charge in [0.15, 0.2) is 17.5 Å².